The molecule has 0 aromatic heterocycles. The summed E-state index contributed by atoms with van der Waals surface area (Å²) in [4.78, 5) is 11.6. The first kappa shape index (κ1) is 17.7. The van der Waals surface area contributed by atoms with Gasteiger partial charge in [0.15, 0.2) is 0 Å². The van der Waals surface area contributed by atoms with Crippen LogP contribution in [0.4, 0.5) is 4.79 Å². The first-order valence-corrected chi connectivity index (χ1v) is 7.95. The Hall–Kier alpha value is -1.68. The van der Waals surface area contributed by atoms with E-state index in [0.29, 0.717) is 21.6 Å². The van der Waals surface area contributed by atoms with E-state index in [2.05, 4.69) is 5.32 Å². The van der Waals surface area contributed by atoms with Crippen LogP contribution in [0.3, 0.4) is 0 Å². The molecule has 0 radical (unpaired) electrons. The first-order chi connectivity index (χ1) is 11.1. The number of ether oxygens (including phenoxy) is 1. The minimum Gasteiger partial charge on any atom is -0.445 e. The van der Waals surface area contributed by atoms with Crippen LogP contribution in [0, 0.1) is 0 Å². The SMILES string of the molecule is O=C(NCC=Cc1cc(Cl)c(Cl)cc1Cl)OCc1ccccc1. The largest absolute Gasteiger partial charge is 0.445 e. The highest BCUT2D eigenvalue weighted by Crippen LogP contribution is 2.29. The van der Waals surface area contributed by atoms with E-state index < -0.39 is 6.09 Å². The average molecular weight is 371 g/mol. The van der Waals surface area contributed by atoms with Gasteiger partial charge in [0, 0.05) is 11.6 Å². The Kier molecular flexibility index (Phi) is 6.78. The molecule has 23 heavy (non-hydrogen) atoms. The maximum atomic E-state index is 11.6. The molecule has 0 atom stereocenters. The lowest BCUT2D eigenvalue weighted by Crippen LogP contribution is -2.24. The molecule has 0 unspecified atom stereocenters. The highest BCUT2D eigenvalue weighted by Gasteiger charge is 2.04. The molecule has 1 amide bonds. The van der Waals surface area contributed by atoms with Crippen molar-refractivity contribution in [1.82, 2.24) is 5.32 Å². The standard InChI is InChI=1S/C17H14Cl3NO2/c18-14-10-16(20)15(19)9-13(14)7-4-8-21-17(22)23-11-12-5-2-1-3-6-12/h1-7,9-10H,8,11H2,(H,21,22). The monoisotopic (exact) mass is 369 g/mol. The van der Waals surface area contributed by atoms with Gasteiger partial charge in [-0.25, -0.2) is 4.79 Å². The summed E-state index contributed by atoms with van der Waals surface area (Å²) in [6, 6.07) is 12.7. The van der Waals surface area contributed by atoms with Crippen LogP contribution in [0.1, 0.15) is 11.1 Å². The maximum Gasteiger partial charge on any atom is 0.407 e. The summed E-state index contributed by atoms with van der Waals surface area (Å²) in [5.74, 6) is 0. The predicted octanol–water partition coefficient (Wildman–Crippen LogP) is 5.59. The van der Waals surface area contributed by atoms with Gasteiger partial charge in [0.1, 0.15) is 6.61 Å². The topological polar surface area (TPSA) is 38.3 Å². The Morgan fingerprint density at radius 3 is 2.48 bits per heavy atom. The minimum atomic E-state index is -0.487. The highest BCUT2D eigenvalue weighted by molar-refractivity contribution is 6.43. The number of halogens is 3. The van der Waals surface area contributed by atoms with Crippen molar-refractivity contribution in [3.8, 4) is 0 Å². The van der Waals surface area contributed by atoms with Crippen LogP contribution in [0.2, 0.25) is 15.1 Å². The number of carbonyl (C=O) groups excluding carboxylic acids is 1. The number of hydrogen-bond acceptors (Lipinski definition) is 2. The zero-order valence-electron chi connectivity index (χ0n) is 12.1. The highest BCUT2D eigenvalue weighted by atomic mass is 35.5. The van der Waals surface area contributed by atoms with Gasteiger partial charge in [-0.2, -0.15) is 0 Å². The molecular formula is C17H14Cl3NO2. The lowest BCUT2D eigenvalue weighted by atomic mass is 10.2. The smallest absolute Gasteiger partial charge is 0.407 e. The number of nitrogens with one attached hydrogen (secondary N) is 1. The van der Waals surface area contributed by atoms with Crippen molar-refractivity contribution in [1.29, 1.82) is 0 Å². The summed E-state index contributed by atoms with van der Waals surface area (Å²) in [5, 5.41) is 3.93. The molecule has 0 fully saturated rings. The molecule has 0 aliphatic heterocycles. The quantitative estimate of drug-likeness (QED) is 0.697. The van der Waals surface area contributed by atoms with Crippen LogP contribution < -0.4 is 5.32 Å². The number of alkyl carbamates (subject to hydrolysis) is 1. The van der Waals surface area contributed by atoms with Gasteiger partial charge in [-0.15, -0.1) is 0 Å². The van der Waals surface area contributed by atoms with E-state index >= 15 is 0 Å². The predicted molar refractivity (Wildman–Crippen MR) is 95.1 cm³/mol. The number of hydrogen-bond donors (Lipinski definition) is 1. The molecule has 0 aliphatic rings. The van der Waals surface area contributed by atoms with Crippen LogP contribution in [-0.4, -0.2) is 12.6 Å². The summed E-state index contributed by atoms with van der Waals surface area (Å²) in [6.07, 6.45) is 3.01. The Labute approximate surface area is 149 Å². The van der Waals surface area contributed by atoms with Crippen molar-refractivity contribution in [3.05, 3.63) is 74.7 Å². The van der Waals surface area contributed by atoms with Gasteiger partial charge in [0.25, 0.3) is 0 Å². The van der Waals surface area contributed by atoms with Gasteiger partial charge in [-0.1, -0.05) is 77.3 Å². The van der Waals surface area contributed by atoms with Gasteiger partial charge in [-0.05, 0) is 23.3 Å². The van der Waals surface area contributed by atoms with Gasteiger partial charge in [0.05, 0.1) is 10.0 Å². The third kappa shape index (κ3) is 5.79. The van der Waals surface area contributed by atoms with Crippen molar-refractivity contribution in [2.45, 2.75) is 6.61 Å². The Bertz CT molecular complexity index is 702. The Morgan fingerprint density at radius 1 is 1.04 bits per heavy atom. The fourth-order valence-electron chi connectivity index (χ4n) is 1.77. The summed E-state index contributed by atoms with van der Waals surface area (Å²) in [6.45, 7) is 0.541. The number of benzene rings is 2. The first-order valence-electron chi connectivity index (χ1n) is 6.82. The van der Waals surface area contributed by atoms with Crippen LogP contribution in [0.25, 0.3) is 6.08 Å². The zero-order valence-corrected chi connectivity index (χ0v) is 14.3. The van der Waals surface area contributed by atoms with E-state index in [0.717, 1.165) is 11.1 Å². The Balaban J connectivity index is 1.78. The number of amides is 1. The van der Waals surface area contributed by atoms with E-state index in [1.165, 1.54) is 0 Å². The van der Waals surface area contributed by atoms with Gasteiger partial charge < -0.3 is 10.1 Å². The van der Waals surface area contributed by atoms with Crippen molar-refractivity contribution in [3.63, 3.8) is 0 Å². The van der Waals surface area contributed by atoms with Gasteiger partial charge >= 0.3 is 6.09 Å². The van der Waals surface area contributed by atoms with Crippen LogP contribution in [0.15, 0.2) is 48.5 Å². The minimum absolute atomic E-state index is 0.231. The molecule has 2 aromatic carbocycles. The molecule has 2 rings (SSSR count). The van der Waals surface area contributed by atoms with Crippen LogP contribution in [-0.2, 0) is 11.3 Å². The molecule has 120 valence electrons. The molecule has 0 heterocycles. The molecular weight excluding hydrogens is 357 g/mol. The summed E-state index contributed by atoms with van der Waals surface area (Å²) in [7, 11) is 0. The lowest BCUT2D eigenvalue weighted by molar-refractivity contribution is 0.141. The third-order valence-electron chi connectivity index (χ3n) is 2.91. The molecule has 0 aliphatic carbocycles. The van der Waals surface area contributed by atoms with E-state index in [-0.39, 0.29) is 6.61 Å². The third-order valence-corrected chi connectivity index (χ3v) is 3.96. The van der Waals surface area contributed by atoms with Crippen molar-refractivity contribution in [2.75, 3.05) is 6.54 Å². The van der Waals surface area contributed by atoms with Crippen LogP contribution >= 0.6 is 34.8 Å². The molecule has 0 saturated heterocycles. The summed E-state index contributed by atoms with van der Waals surface area (Å²) < 4.78 is 5.09. The zero-order chi connectivity index (χ0) is 16.7. The van der Waals surface area contributed by atoms with E-state index in [1.54, 1.807) is 24.3 Å². The molecule has 0 saturated carbocycles. The fourth-order valence-corrected chi connectivity index (χ4v) is 2.39. The van der Waals surface area contributed by atoms with Crippen LogP contribution in [0.5, 0.6) is 0 Å². The second kappa shape index (κ2) is 8.82. The van der Waals surface area contributed by atoms with Crippen molar-refractivity contribution < 1.29 is 9.53 Å². The number of rotatable bonds is 5. The molecule has 0 spiro atoms. The normalized spacial score (nSPS) is 10.7. The maximum absolute atomic E-state index is 11.6. The second-order valence-electron chi connectivity index (χ2n) is 4.63. The van der Waals surface area contributed by atoms with E-state index in [1.807, 2.05) is 30.3 Å². The van der Waals surface area contributed by atoms with Crippen molar-refractivity contribution in [2.24, 2.45) is 0 Å². The van der Waals surface area contributed by atoms with Gasteiger partial charge in [-0.3, -0.25) is 0 Å². The average Bonchev–Trinajstić information content (AvgIpc) is 2.55. The van der Waals surface area contributed by atoms with Gasteiger partial charge in [0.2, 0.25) is 0 Å². The molecule has 6 heteroatoms. The van der Waals surface area contributed by atoms with Crippen molar-refractivity contribution >= 4 is 47.0 Å². The summed E-state index contributed by atoms with van der Waals surface area (Å²) >= 11 is 17.8. The molecule has 0 bridgehead atoms. The van der Waals surface area contributed by atoms with E-state index in [9.17, 15) is 4.79 Å². The second-order valence-corrected chi connectivity index (χ2v) is 5.85. The fraction of sp³-hybridized carbons (Fsp3) is 0.118. The lowest BCUT2D eigenvalue weighted by Gasteiger charge is -2.05. The molecule has 1 N–H and O–H groups in total. The number of carbonyl (C=O) groups is 1. The summed E-state index contributed by atoms with van der Waals surface area (Å²) in [5.41, 5.74) is 1.65. The molecule has 3 nitrogen and oxygen atoms in total. The Morgan fingerprint density at radius 2 is 1.74 bits per heavy atom. The molecule has 2 aromatic rings. The van der Waals surface area contributed by atoms with E-state index in [4.69, 9.17) is 39.5 Å².